The van der Waals surface area contributed by atoms with E-state index in [1.165, 1.54) is 11.1 Å². The molecule has 0 radical (unpaired) electrons. The molecule has 0 atom stereocenters. The molecule has 0 saturated carbocycles. The molecule has 29 heavy (non-hydrogen) atoms. The molecule has 1 saturated heterocycles. The van der Waals surface area contributed by atoms with Crippen molar-refractivity contribution in [1.82, 2.24) is 5.43 Å². The first kappa shape index (κ1) is 17.0. The Bertz CT molecular complexity index is 1190. The summed E-state index contributed by atoms with van der Waals surface area (Å²) in [5, 5.41) is 1.20. The van der Waals surface area contributed by atoms with Crippen molar-refractivity contribution in [2.24, 2.45) is 0 Å². The third kappa shape index (κ3) is 2.89. The summed E-state index contributed by atoms with van der Waals surface area (Å²) in [6, 6.07) is 17.6. The van der Waals surface area contributed by atoms with Gasteiger partial charge in [-0.05, 0) is 42.5 Å². The molecule has 142 valence electrons. The summed E-state index contributed by atoms with van der Waals surface area (Å²) in [6.45, 7) is 0.240. The van der Waals surface area contributed by atoms with Gasteiger partial charge in [0.25, 0.3) is 11.8 Å². The smallest absolute Gasteiger partial charge is 0.338 e. The number of carbonyl (C=O) groups is 3. The Kier molecular flexibility index (Phi) is 3.80. The number of hydrazine groups is 1. The van der Waals surface area contributed by atoms with Crippen molar-refractivity contribution in [3.8, 4) is 11.3 Å². The normalized spacial score (nSPS) is 16.9. The topological polar surface area (TPSA) is 88.9 Å². The van der Waals surface area contributed by atoms with Crippen LogP contribution >= 0.6 is 0 Å². The molecule has 2 amide bonds. The summed E-state index contributed by atoms with van der Waals surface area (Å²) >= 11 is 0. The van der Waals surface area contributed by atoms with E-state index in [1.54, 1.807) is 48.5 Å². The van der Waals surface area contributed by atoms with Crippen LogP contribution in [0.25, 0.3) is 17.4 Å². The van der Waals surface area contributed by atoms with E-state index in [0.29, 0.717) is 22.8 Å². The molecule has 2 aliphatic heterocycles. The van der Waals surface area contributed by atoms with Crippen LogP contribution in [-0.4, -0.2) is 17.8 Å². The van der Waals surface area contributed by atoms with E-state index in [9.17, 15) is 14.4 Å². The molecule has 7 heteroatoms. The molecular formula is C22H14N2O5. The fourth-order valence-electron chi connectivity index (χ4n) is 3.33. The van der Waals surface area contributed by atoms with E-state index in [-0.39, 0.29) is 18.1 Å². The maximum absolute atomic E-state index is 12.6. The summed E-state index contributed by atoms with van der Waals surface area (Å²) in [4.78, 5) is 36.5. The van der Waals surface area contributed by atoms with Gasteiger partial charge in [0, 0.05) is 11.1 Å². The van der Waals surface area contributed by atoms with Gasteiger partial charge in [-0.1, -0.05) is 24.3 Å². The van der Waals surface area contributed by atoms with Crippen LogP contribution < -0.4 is 10.4 Å². The maximum atomic E-state index is 12.6. The number of amides is 2. The van der Waals surface area contributed by atoms with Gasteiger partial charge in [0.2, 0.25) is 0 Å². The molecule has 2 aromatic carbocycles. The predicted molar refractivity (Wildman–Crippen MR) is 103 cm³/mol. The average Bonchev–Trinajstić information content (AvgIpc) is 3.43. The minimum Gasteiger partial charge on any atom is -0.457 e. The van der Waals surface area contributed by atoms with Crippen molar-refractivity contribution >= 4 is 29.5 Å². The van der Waals surface area contributed by atoms with E-state index in [0.717, 1.165) is 11.1 Å². The first-order valence-electron chi connectivity index (χ1n) is 8.92. The second kappa shape index (κ2) is 6.49. The molecule has 5 rings (SSSR count). The van der Waals surface area contributed by atoms with Crippen LogP contribution in [0.4, 0.5) is 5.69 Å². The molecular weight excluding hydrogens is 372 g/mol. The SMILES string of the molecule is O=C1NN(c2ccccc2)C(=O)/C1=C/c1ccc(-c2ccc3c(c2)COC3=O)o1. The Morgan fingerprint density at radius 3 is 2.62 bits per heavy atom. The van der Waals surface area contributed by atoms with Crippen LogP contribution in [0.3, 0.4) is 0 Å². The van der Waals surface area contributed by atoms with Crippen LogP contribution in [0, 0.1) is 0 Å². The molecule has 3 aromatic rings. The van der Waals surface area contributed by atoms with Crippen molar-refractivity contribution in [1.29, 1.82) is 0 Å². The Hall–Kier alpha value is -4.13. The molecule has 1 fully saturated rings. The number of cyclic esters (lactones) is 1. The van der Waals surface area contributed by atoms with Crippen LogP contribution in [0.5, 0.6) is 0 Å². The van der Waals surface area contributed by atoms with Gasteiger partial charge in [0.1, 0.15) is 23.7 Å². The number of furan rings is 1. The third-order valence-electron chi connectivity index (χ3n) is 4.79. The van der Waals surface area contributed by atoms with E-state index in [4.69, 9.17) is 9.15 Å². The molecule has 0 spiro atoms. The third-order valence-corrected chi connectivity index (χ3v) is 4.79. The molecule has 2 aliphatic rings. The van der Waals surface area contributed by atoms with Crippen molar-refractivity contribution < 1.29 is 23.5 Å². The Morgan fingerprint density at radius 2 is 1.79 bits per heavy atom. The number of rotatable bonds is 3. The lowest BCUT2D eigenvalue weighted by Crippen LogP contribution is -2.35. The Labute approximate surface area is 165 Å². The first-order chi connectivity index (χ1) is 14.1. The maximum Gasteiger partial charge on any atom is 0.338 e. The monoisotopic (exact) mass is 386 g/mol. The van der Waals surface area contributed by atoms with Crippen molar-refractivity contribution in [3.05, 3.63) is 83.1 Å². The lowest BCUT2D eigenvalue weighted by Gasteiger charge is -2.13. The largest absolute Gasteiger partial charge is 0.457 e. The number of para-hydroxylation sites is 1. The highest BCUT2D eigenvalue weighted by Crippen LogP contribution is 2.29. The van der Waals surface area contributed by atoms with Crippen molar-refractivity contribution in [2.75, 3.05) is 5.01 Å². The minimum atomic E-state index is -0.495. The zero-order valence-electron chi connectivity index (χ0n) is 15.0. The zero-order valence-corrected chi connectivity index (χ0v) is 15.0. The number of nitrogens with one attached hydrogen (secondary N) is 1. The van der Waals surface area contributed by atoms with Gasteiger partial charge in [0.15, 0.2) is 0 Å². The summed E-state index contributed by atoms with van der Waals surface area (Å²) in [7, 11) is 0. The van der Waals surface area contributed by atoms with Gasteiger partial charge < -0.3 is 9.15 Å². The van der Waals surface area contributed by atoms with Gasteiger partial charge >= 0.3 is 5.97 Å². The molecule has 1 N–H and O–H groups in total. The highest BCUT2D eigenvalue weighted by atomic mass is 16.5. The number of anilines is 1. The van der Waals surface area contributed by atoms with Crippen molar-refractivity contribution in [3.63, 3.8) is 0 Å². The number of benzene rings is 2. The van der Waals surface area contributed by atoms with E-state index >= 15 is 0 Å². The van der Waals surface area contributed by atoms with Gasteiger partial charge in [-0.15, -0.1) is 0 Å². The second-order valence-corrected chi connectivity index (χ2v) is 6.63. The van der Waals surface area contributed by atoms with Crippen LogP contribution in [0.1, 0.15) is 21.7 Å². The zero-order chi connectivity index (χ0) is 20.0. The number of carbonyl (C=O) groups excluding carboxylic acids is 3. The first-order valence-corrected chi connectivity index (χ1v) is 8.92. The molecule has 7 nitrogen and oxygen atoms in total. The van der Waals surface area contributed by atoms with Crippen LogP contribution in [0.2, 0.25) is 0 Å². The summed E-state index contributed by atoms with van der Waals surface area (Å²) in [5.41, 5.74) is 5.24. The average molecular weight is 386 g/mol. The highest BCUT2D eigenvalue weighted by molar-refractivity contribution is 6.31. The fraction of sp³-hybridized carbons (Fsp3) is 0.0455. The number of hydrogen-bond acceptors (Lipinski definition) is 5. The van der Waals surface area contributed by atoms with E-state index in [2.05, 4.69) is 5.43 Å². The van der Waals surface area contributed by atoms with Gasteiger partial charge in [-0.3, -0.25) is 15.0 Å². The quantitative estimate of drug-likeness (QED) is 0.425. The molecule has 0 aliphatic carbocycles. The Morgan fingerprint density at radius 1 is 0.966 bits per heavy atom. The lowest BCUT2D eigenvalue weighted by molar-refractivity contribution is -0.117. The number of hydrogen-bond donors (Lipinski definition) is 1. The van der Waals surface area contributed by atoms with Gasteiger partial charge in [-0.25, -0.2) is 9.80 Å². The van der Waals surface area contributed by atoms with Gasteiger partial charge in [0.05, 0.1) is 11.3 Å². The predicted octanol–water partition coefficient (Wildman–Crippen LogP) is 3.08. The lowest BCUT2D eigenvalue weighted by atomic mass is 10.0. The van der Waals surface area contributed by atoms with Crippen LogP contribution in [0.15, 0.2) is 70.7 Å². The molecule has 0 unspecified atom stereocenters. The summed E-state index contributed by atoms with van der Waals surface area (Å²) in [6.07, 6.45) is 1.42. The standard InChI is InChI=1S/C22H14N2O5/c25-20-18(21(26)24(23-20)15-4-2-1-3-5-15)11-16-7-9-19(29-16)13-6-8-17-14(10-13)12-28-22(17)27/h1-11H,12H2,(H,23,25)/b18-11+. The molecule has 3 heterocycles. The number of ether oxygens (including phenoxy) is 1. The number of esters is 1. The Balaban J connectivity index is 1.42. The summed E-state index contributed by atoms with van der Waals surface area (Å²) < 4.78 is 10.8. The van der Waals surface area contributed by atoms with E-state index in [1.807, 2.05) is 12.1 Å². The minimum absolute atomic E-state index is 0.0114. The number of nitrogens with zero attached hydrogens (tertiary/aromatic N) is 1. The number of fused-ring (bicyclic) bond motifs is 1. The fourth-order valence-corrected chi connectivity index (χ4v) is 3.33. The van der Waals surface area contributed by atoms with Crippen molar-refractivity contribution in [2.45, 2.75) is 6.61 Å². The highest BCUT2D eigenvalue weighted by Gasteiger charge is 2.34. The molecule has 1 aromatic heterocycles. The molecule has 0 bridgehead atoms. The van der Waals surface area contributed by atoms with Crippen LogP contribution in [-0.2, 0) is 20.9 Å². The second-order valence-electron chi connectivity index (χ2n) is 6.63. The van der Waals surface area contributed by atoms with Gasteiger partial charge in [-0.2, -0.15) is 0 Å². The van der Waals surface area contributed by atoms with E-state index < -0.39 is 11.8 Å². The summed E-state index contributed by atoms with van der Waals surface area (Å²) in [5.74, 6) is -0.339.